The van der Waals surface area contributed by atoms with Gasteiger partial charge in [0.15, 0.2) is 0 Å². The van der Waals surface area contributed by atoms with Crippen LogP contribution in [0.3, 0.4) is 0 Å². The van der Waals surface area contributed by atoms with Crippen molar-refractivity contribution < 1.29 is 31.1 Å². The number of nitrogens with zero attached hydrogens (tertiary/aromatic N) is 1. The van der Waals surface area contributed by atoms with E-state index in [1.54, 1.807) is 12.1 Å². The van der Waals surface area contributed by atoms with Crippen LogP contribution >= 0.6 is 0 Å². The number of para-hydroxylation sites is 1. The van der Waals surface area contributed by atoms with Gasteiger partial charge in [-0.15, -0.1) is 13.2 Å². The third-order valence-electron chi connectivity index (χ3n) is 6.32. The fourth-order valence-corrected chi connectivity index (χ4v) is 4.58. The van der Waals surface area contributed by atoms with Crippen LogP contribution in [0, 0.1) is 0 Å². The Morgan fingerprint density at radius 3 is 2.15 bits per heavy atom. The van der Waals surface area contributed by atoms with E-state index in [1.807, 2.05) is 48.5 Å². The number of nitrogens with one attached hydrogen (secondary N) is 1. The Hall–Kier alpha value is -4.53. The second-order valence-corrected chi connectivity index (χ2v) is 9.15. The molecule has 0 unspecified atom stereocenters. The van der Waals surface area contributed by atoms with E-state index in [0.717, 1.165) is 17.2 Å². The van der Waals surface area contributed by atoms with E-state index >= 15 is 0 Å². The Morgan fingerprint density at radius 1 is 0.725 bits per heavy atom. The summed E-state index contributed by atoms with van der Waals surface area (Å²) in [4.78, 5) is 4.24. The maximum atomic E-state index is 13.8. The fourth-order valence-electron chi connectivity index (χ4n) is 4.58. The molecule has 0 spiro atoms. The Morgan fingerprint density at radius 2 is 1.45 bits per heavy atom. The smallest absolute Gasteiger partial charge is 0.406 e. The van der Waals surface area contributed by atoms with Gasteiger partial charge < -0.3 is 10.1 Å². The summed E-state index contributed by atoms with van der Waals surface area (Å²) < 4.78 is 82.6. The van der Waals surface area contributed by atoms with Gasteiger partial charge in [-0.05, 0) is 64.6 Å². The lowest BCUT2D eigenvalue weighted by atomic mass is 9.91. The highest BCUT2D eigenvalue weighted by Gasteiger charge is 2.34. The van der Waals surface area contributed by atoms with Crippen molar-refractivity contribution in [3.8, 4) is 16.9 Å². The number of alkyl halides is 6. The Balaban J connectivity index is 1.50. The van der Waals surface area contributed by atoms with Crippen molar-refractivity contribution in [3.05, 3.63) is 126 Å². The minimum Gasteiger partial charge on any atom is -0.406 e. The van der Waals surface area contributed by atoms with Gasteiger partial charge in [0, 0.05) is 23.8 Å². The van der Waals surface area contributed by atoms with Gasteiger partial charge in [0.1, 0.15) is 5.75 Å². The van der Waals surface area contributed by atoms with E-state index in [0.29, 0.717) is 40.7 Å². The first-order chi connectivity index (χ1) is 19.1. The number of rotatable bonds is 7. The molecule has 0 bridgehead atoms. The van der Waals surface area contributed by atoms with Crippen LogP contribution in [0.25, 0.3) is 22.0 Å². The third-order valence-corrected chi connectivity index (χ3v) is 6.32. The average Bonchev–Trinajstić information content (AvgIpc) is 2.91. The number of aromatic nitrogens is 1. The number of ether oxygens (including phenoxy) is 1. The molecular formula is C31H22F6N2O. The van der Waals surface area contributed by atoms with Gasteiger partial charge in [0.05, 0.1) is 11.1 Å². The molecule has 0 fully saturated rings. The monoisotopic (exact) mass is 552 g/mol. The number of halogens is 6. The highest BCUT2D eigenvalue weighted by molar-refractivity contribution is 5.98. The molecule has 9 heteroatoms. The van der Waals surface area contributed by atoms with Gasteiger partial charge >= 0.3 is 12.5 Å². The second-order valence-electron chi connectivity index (χ2n) is 9.15. The third kappa shape index (κ3) is 6.36. The molecule has 1 aromatic heterocycles. The molecule has 0 aliphatic rings. The van der Waals surface area contributed by atoms with Crippen molar-refractivity contribution in [2.45, 2.75) is 25.5 Å². The van der Waals surface area contributed by atoms with Crippen molar-refractivity contribution in [1.82, 2.24) is 4.98 Å². The van der Waals surface area contributed by atoms with Crippen molar-refractivity contribution in [2.24, 2.45) is 0 Å². The summed E-state index contributed by atoms with van der Waals surface area (Å²) >= 11 is 0. The lowest BCUT2D eigenvalue weighted by molar-refractivity contribution is -0.274. The molecule has 0 saturated carbocycles. The zero-order chi connectivity index (χ0) is 28.3. The highest BCUT2D eigenvalue weighted by atomic mass is 19.4. The molecule has 0 saturated heterocycles. The Labute approximate surface area is 226 Å². The molecule has 5 aromatic rings. The zero-order valence-corrected chi connectivity index (χ0v) is 20.9. The van der Waals surface area contributed by atoms with Gasteiger partial charge in [-0.25, -0.2) is 0 Å². The van der Waals surface area contributed by atoms with Crippen LogP contribution in [-0.4, -0.2) is 11.3 Å². The minimum absolute atomic E-state index is 0.124. The van der Waals surface area contributed by atoms with Crippen LogP contribution in [0.5, 0.6) is 5.75 Å². The maximum Gasteiger partial charge on any atom is 0.573 e. The van der Waals surface area contributed by atoms with E-state index < -0.39 is 18.1 Å². The summed E-state index contributed by atoms with van der Waals surface area (Å²) in [6.07, 6.45) is -7.35. The van der Waals surface area contributed by atoms with Gasteiger partial charge in [0.2, 0.25) is 0 Å². The van der Waals surface area contributed by atoms with Crippen LogP contribution in [0.4, 0.5) is 32.0 Å². The highest BCUT2D eigenvalue weighted by Crippen LogP contribution is 2.39. The second kappa shape index (κ2) is 10.9. The van der Waals surface area contributed by atoms with Gasteiger partial charge in [-0.1, -0.05) is 66.7 Å². The molecule has 0 atom stereocenters. The summed E-state index contributed by atoms with van der Waals surface area (Å²) in [7, 11) is 0. The number of fused-ring (bicyclic) bond motifs is 1. The summed E-state index contributed by atoms with van der Waals surface area (Å²) in [5, 5.41) is 3.62. The summed E-state index contributed by atoms with van der Waals surface area (Å²) in [6.45, 7) is 0.307. The largest absolute Gasteiger partial charge is 0.573 e. The van der Waals surface area contributed by atoms with Crippen LogP contribution in [0.15, 0.2) is 103 Å². The van der Waals surface area contributed by atoms with Crippen LogP contribution in [0.2, 0.25) is 0 Å². The van der Waals surface area contributed by atoms with Crippen LogP contribution < -0.4 is 10.1 Å². The quantitative estimate of drug-likeness (QED) is 0.205. The molecule has 0 radical (unpaired) electrons. The van der Waals surface area contributed by atoms with E-state index in [-0.39, 0.29) is 11.3 Å². The molecule has 5 rings (SSSR count). The average molecular weight is 553 g/mol. The van der Waals surface area contributed by atoms with Crippen LogP contribution in [0.1, 0.15) is 22.3 Å². The number of pyridine rings is 1. The van der Waals surface area contributed by atoms with E-state index in [9.17, 15) is 26.3 Å². The Kier molecular flexibility index (Phi) is 7.38. The molecule has 40 heavy (non-hydrogen) atoms. The lowest BCUT2D eigenvalue weighted by Crippen LogP contribution is -2.17. The number of benzene rings is 4. The van der Waals surface area contributed by atoms with E-state index in [1.165, 1.54) is 36.5 Å². The lowest BCUT2D eigenvalue weighted by Gasteiger charge is -2.17. The molecule has 204 valence electrons. The SMILES string of the molecule is FC(F)(F)Oc1ccc(CNc2cccc(-c3c(Cc4ccccc4)cnc4c(C(F)(F)F)cccc34)c2)cc1. The standard InChI is InChI=1S/C31H22F6N2O/c32-30(33,34)27-11-5-10-26-28(23(19-39-29(26)27)16-20-6-2-1-3-7-20)22-8-4-9-24(17-22)38-18-21-12-14-25(15-13-21)40-31(35,36)37/h1-15,17,19,38H,16,18H2. The summed E-state index contributed by atoms with van der Waals surface area (Å²) in [6, 6.07) is 26.4. The van der Waals surface area contributed by atoms with E-state index in [2.05, 4.69) is 15.0 Å². The molecule has 4 aromatic carbocycles. The summed E-state index contributed by atoms with van der Waals surface area (Å²) in [5.41, 5.74) is 3.60. The predicted octanol–water partition coefficient (Wildman–Crippen LogP) is 9.02. The number of hydrogen-bond acceptors (Lipinski definition) is 3. The first-order valence-electron chi connectivity index (χ1n) is 12.3. The first kappa shape index (κ1) is 27.1. The number of anilines is 1. The normalized spacial score (nSPS) is 11.9. The fraction of sp³-hybridized carbons (Fsp3) is 0.129. The molecule has 0 aliphatic carbocycles. The molecule has 1 heterocycles. The van der Waals surface area contributed by atoms with Crippen molar-refractivity contribution in [3.63, 3.8) is 0 Å². The number of hydrogen-bond donors (Lipinski definition) is 1. The molecule has 1 N–H and O–H groups in total. The molecular weight excluding hydrogens is 530 g/mol. The maximum absolute atomic E-state index is 13.8. The molecule has 3 nitrogen and oxygen atoms in total. The van der Waals surface area contributed by atoms with Gasteiger partial charge in [-0.2, -0.15) is 13.2 Å². The Bertz CT molecular complexity index is 1610. The topological polar surface area (TPSA) is 34.1 Å². The molecule has 0 amide bonds. The first-order valence-corrected chi connectivity index (χ1v) is 12.3. The van der Waals surface area contributed by atoms with Crippen molar-refractivity contribution in [1.29, 1.82) is 0 Å². The van der Waals surface area contributed by atoms with Crippen molar-refractivity contribution in [2.75, 3.05) is 5.32 Å². The van der Waals surface area contributed by atoms with Crippen LogP contribution in [-0.2, 0) is 19.1 Å². The van der Waals surface area contributed by atoms with Crippen molar-refractivity contribution >= 4 is 16.6 Å². The molecule has 0 aliphatic heterocycles. The van der Waals surface area contributed by atoms with Gasteiger partial charge in [-0.3, -0.25) is 4.98 Å². The van der Waals surface area contributed by atoms with Gasteiger partial charge in [0.25, 0.3) is 0 Å². The minimum atomic E-state index is -4.77. The summed E-state index contributed by atoms with van der Waals surface area (Å²) in [5.74, 6) is -0.313. The predicted molar refractivity (Wildman–Crippen MR) is 142 cm³/mol. The zero-order valence-electron chi connectivity index (χ0n) is 20.9. The van der Waals surface area contributed by atoms with E-state index in [4.69, 9.17) is 0 Å².